The van der Waals surface area contributed by atoms with Gasteiger partial charge in [0.05, 0.1) is 12.4 Å². The van der Waals surface area contributed by atoms with Crippen LogP contribution >= 0.6 is 0 Å². The topological polar surface area (TPSA) is 60.5 Å². The summed E-state index contributed by atoms with van der Waals surface area (Å²) >= 11 is 0. The van der Waals surface area contributed by atoms with Crippen molar-refractivity contribution in [2.75, 3.05) is 0 Å². The van der Waals surface area contributed by atoms with Crippen molar-refractivity contribution >= 4 is 6.21 Å². The molecule has 22 heavy (non-hydrogen) atoms. The number of rotatable bonds is 3. The molecule has 4 heteroatoms. The zero-order chi connectivity index (χ0) is 15.5. The molecule has 0 aliphatic heterocycles. The van der Waals surface area contributed by atoms with Crippen molar-refractivity contribution in [1.82, 2.24) is 4.98 Å². The normalized spacial score (nSPS) is 9.82. The lowest BCUT2D eigenvalue weighted by atomic mass is 10.2. The molecule has 4 nitrogen and oxygen atoms in total. The van der Waals surface area contributed by atoms with Crippen LogP contribution in [-0.2, 0) is 0 Å². The van der Waals surface area contributed by atoms with Crippen LogP contribution in [0.5, 0.6) is 11.5 Å². The fraction of sp³-hybridized carbons (Fsp3) is 0. The van der Waals surface area contributed by atoms with Crippen molar-refractivity contribution < 1.29 is 4.74 Å². The lowest BCUT2D eigenvalue weighted by Crippen LogP contribution is -1.88. The molecule has 0 radical (unpaired) electrons. The molecule has 1 heterocycles. The van der Waals surface area contributed by atoms with Gasteiger partial charge in [-0.2, -0.15) is 5.10 Å². The summed E-state index contributed by atoms with van der Waals surface area (Å²) in [5.74, 6) is 6.51. The lowest BCUT2D eigenvalue weighted by Gasteiger charge is -2.04. The van der Waals surface area contributed by atoms with Crippen molar-refractivity contribution in [1.29, 1.82) is 0 Å². The summed E-state index contributed by atoms with van der Waals surface area (Å²) in [5.41, 5.74) is 0.932. The molecule has 3 aromatic rings. The summed E-state index contributed by atoms with van der Waals surface area (Å²) in [6.45, 7) is 0. The quantitative estimate of drug-likeness (QED) is 0.453. The van der Waals surface area contributed by atoms with E-state index in [2.05, 4.69) is 10.1 Å². The van der Waals surface area contributed by atoms with Gasteiger partial charge in [-0.05, 0) is 42.0 Å². The Bertz CT molecular complexity index is 641. The number of hydrogen-bond donors (Lipinski definition) is 1. The van der Waals surface area contributed by atoms with Crippen molar-refractivity contribution in [3.63, 3.8) is 0 Å². The highest BCUT2D eigenvalue weighted by Crippen LogP contribution is 2.19. The summed E-state index contributed by atoms with van der Waals surface area (Å²) in [6, 6.07) is 23.1. The van der Waals surface area contributed by atoms with Crippen LogP contribution in [0.1, 0.15) is 5.56 Å². The van der Waals surface area contributed by atoms with Crippen molar-refractivity contribution in [2.24, 2.45) is 10.9 Å². The lowest BCUT2D eigenvalue weighted by molar-refractivity contribution is 0.480. The number of pyridine rings is 1. The van der Waals surface area contributed by atoms with Gasteiger partial charge in [0, 0.05) is 6.20 Å². The van der Waals surface area contributed by atoms with Crippen LogP contribution in [0.15, 0.2) is 90.3 Å². The predicted octanol–water partition coefficient (Wildman–Crippen LogP) is 3.85. The van der Waals surface area contributed by atoms with Crippen LogP contribution in [0.2, 0.25) is 0 Å². The van der Waals surface area contributed by atoms with E-state index in [4.69, 9.17) is 10.6 Å². The second kappa shape index (κ2) is 8.92. The molecule has 0 fully saturated rings. The van der Waals surface area contributed by atoms with Crippen LogP contribution in [0.4, 0.5) is 0 Å². The summed E-state index contributed by atoms with van der Waals surface area (Å²) in [6.07, 6.45) is 4.94. The van der Waals surface area contributed by atoms with Gasteiger partial charge in [0.1, 0.15) is 11.5 Å². The standard InChI is InChI=1S/C12H11N3O.C6H6/c13-15-8-10-3-5-11(6-4-10)16-12-2-1-7-14-9-12;1-2-4-6-5-3-1/h1-9H,13H2;1-6H/b15-8+;. The molecule has 2 aromatic carbocycles. The predicted molar refractivity (Wildman–Crippen MR) is 89.0 cm³/mol. The highest BCUT2D eigenvalue weighted by atomic mass is 16.5. The Labute approximate surface area is 129 Å². The van der Waals surface area contributed by atoms with E-state index in [1.54, 1.807) is 18.6 Å². The van der Waals surface area contributed by atoms with Gasteiger partial charge in [-0.3, -0.25) is 4.98 Å². The summed E-state index contributed by atoms with van der Waals surface area (Å²) in [7, 11) is 0. The molecule has 0 unspecified atom stereocenters. The number of hydrogen-bond acceptors (Lipinski definition) is 4. The molecule has 0 aliphatic carbocycles. The average molecular weight is 291 g/mol. The Kier molecular flexibility index (Phi) is 6.18. The van der Waals surface area contributed by atoms with Crippen LogP contribution in [0.3, 0.4) is 0 Å². The highest BCUT2D eigenvalue weighted by molar-refractivity contribution is 5.79. The first kappa shape index (κ1) is 15.3. The largest absolute Gasteiger partial charge is 0.456 e. The summed E-state index contributed by atoms with van der Waals surface area (Å²) in [5, 5.41) is 3.44. The molecule has 110 valence electrons. The SMILES string of the molecule is N/N=C/c1ccc(Oc2cccnc2)cc1.c1ccccc1. The van der Waals surface area contributed by atoms with Gasteiger partial charge >= 0.3 is 0 Å². The second-order valence-electron chi connectivity index (χ2n) is 4.29. The van der Waals surface area contributed by atoms with Gasteiger partial charge in [0.2, 0.25) is 0 Å². The van der Waals surface area contributed by atoms with Crippen LogP contribution in [0, 0.1) is 0 Å². The number of ether oxygens (including phenoxy) is 1. The van der Waals surface area contributed by atoms with Crippen molar-refractivity contribution in [3.05, 3.63) is 90.8 Å². The van der Waals surface area contributed by atoms with E-state index in [-0.39, 0.29) is 0 Å². The Balaban J connectivity index is 0.000000246. The van der Waals surface area contributed by atoms with Gasteiger partial charge in [-0.15, -0.1) is 0 Å². The fourth-order valence-electron chi connectivity index (χ4n) is 1.64. The minimum absolute atomic E-state index is 0.711. The number of nitrogens with two attached hydrogens (primary N) is 1. The molecule has 0 amide bonds. The highest BCUT2D eigenvalue weighted by Gasteiger charge is 1.96. The molecule has 0 saturated carbocycles. The monoisotopic (exact) mass is 291 g/mol. The Morgan fingerprint density at radius 3 is 1.95 bits per heavy atom. The van der Waals surface area contributed by atoms with E-state index in [1.165, 1.54) is 0 Å². The van der Waals surface area contributed by atoms with E-state index >= 15 is 0 Å². The van der Waals surface area contributed by atoms with Gasteiger partial charge in [0.15, 0.2) is 0 Å². The first-order valence-corrected chi connectivity index (χ1v) is 6.80. The molecule has 0 atom stereocenters. The molecule has 0 aliphatic rings. The zero-order valence-corrected chi connectivity index (χ0v) is 12.0. The maximum Gasteiger partial charge on any atom is 0.145 e. The van der Waals surface area contributed by atoms with E-state index in [1.807, 2.05) is 72.8 Å². The average Bonchev–Trinajstić information content (AvgIpc) is 2.60. The Hall–Kier alpha value is -3.14. The third kappa shape index (κ3) is 5.46. The molecular weight excluding hydrogens is 274 g/mol. The first-order valence-electron chi connectivity index (χ1n) is 6.80. The second-order valence-corrected chi connectivity index (χ2v) is 4.29. The number of nitrogens with zero attached hydrogens (tertiary/aromatic N) is 2. The minimum atomic E-state index is 0.711. The van der Waals surface area contributed by atoms with Gasteiger partial charge in [0.25, 0.3) is 0 Å². The Morgan fingerprint density at radius 2 is 1.45 bits per heavy atom. The number of aromatic nitrogens is 1. The van der Waals surface area contributed by atoms with E-state index in [0.717, 1.165) is 11.3 Å². The van der Waals surface area contributed by atoms with E-state index < -0.39 is 0 Å². The van der Waals surface area contributed by atoms with Gasteiger partial charge in [-0.25, -0.2) is 0 Å². The molecule has 0 saturated heterocycles. The zero-order valence-electron chi connectivity index (χ0n) is 12.0. The maximum absolute atomic E-state index is 5.57. The molecular formula is C18H17N3O. The number of benzene rings is 2. The third-order valence-corrected chi connectivity index (χ3v) is 2.64. The molecule has 0 spiro atoms. The molecule has 1 aromatic heterocycles. The minimum Gasteiger partial charge on any atom is -0.456 e. The number of hydrazone groups is 1. The first-order chi connectivity index (χ1) is 10.9. The summed E-state index contributed by atoms with van der Waals surface area (Å²) in [4.78, 5) is 3.97. The van der Waals surface area contributed by atoms with Crippen LogP contribution < -0.4 is 10.6 Å². The van der Waals surface area contributed by atoms with Crippen LogP contribution in [0.25, 0.3) is 0 Å². The van der Waals surface area contributed by atoms with Crippen LogP contribution in [-0.4, -0.2) is 11.2 Å². The Morgan fingerprint density at radius 1 is 0.818 bits per heavy atom. The molecule has 2 N–H and O–H groups in total. The fourth-order valence-corrected chi connectivity index (χ4v) is 1.64. The summed E-state index contributed by atoms with van der Waals surface area (Å²) < 4.78 is 5.57. The van der Waals surface area contributed by atoms with Crippen molar-refractivity contribution in [2.45, 2.75) is 0 Å². The molecule has 3 rings (SSSR count). The van der Waals surface area contributed by atoms with Gasteiger partial charge < -0.3 is 10.6 Å². The van der Waals surface area contributed by atoms with Gasteiger partial charge in [-0.1, -0.05) is 36.4 Å². The molecule has 0 bridgehead atoms. The third-order valence-electron chi connectivity index (χ3n) is 2.64. The van der Waals surface area contributed by atoms with E-state index in [0.29, 0.717) is 5.75 Å². The maximum atomic E-state index is 5.57. The van der Waals surface area contributed by atoms with Crippen molar-refractivity contribution in [3.8, 4) is 11.5 Å². The smallest absolute Gasteiger partial charge is 0.145 e. The van der Waals surface area contributed by atoms with E-state index in [9.17, 15) is 0 Å².